The van der Waals surface area contributed by atoms with E-state index in [1.54, 1.807) is 0 Å². The van der Waals surface area contributed by atoms with E-state index in [-0.39, 0.29) is 11.8 Å². The van der Waals surface area contributed by atoms with E-state index < -0.39 is 8.07 Å². The largest absolute Gasteiger partial charge is 0.0688 e. The van der Waals surface area contributed by atoms with E-state index in [0.29, 0.717) is 5.54 Å². The monoisotopic (exact) mass is 1080 g/mol. The lowest BCUT2D eigenvalue weighted by molar-refractivity contribution is 0.963. The fraction of sp³-hybridized carbons (Fsp3) is 0.143. The van der Waals surface area contributed by atoms with Crippen LogP contribution in [0.25, 0.3) is 0 Å². The standard InChI is InChI=1S/C42H36I4Si/c1-47(2,3)42(34-8-4-28(5-9-34)40(30-12-20-36(43)21-13-30)31-14-22-37(44)23-15-31)35-10-6-29(7-11-35)41(32-16-24-38(45)25-17-32)33-18-26-39(46)27-19-33/h4-27,40-42H,1-3H3. The molecular weight excluding hydrogens is 1040 g/mol. The lowest BCUT2D eigenvalue weighted by Gasteiger charge is -2.31. The molecule has 6 rings (SSSR count). The summed E-state index contributed by atoms with van der Waals surface area (Å²) in [6.45, 7) is 7.50. The summed E-state index contributed by atoms with van der Waals surface area (Å²) in [6.07, 6.45) is 0. The lowest BCUT2D eigenvalue weighted by atomic mass is 9.84. The highest BCUT2D eigenvalue weighted by molar-refractivity contribution is 14.1. The first-order valence-corrected chi connectivity index (χ1v) is 23.7. The van der Waals surface area contributed by atoms with Gasteiger partial charge in [-0.15, -0.1) is 0 Å². The molecule has 0 aliphatic heterocycles. The maximum atomic E-state index is 2.50. The Bertz CT molecular complexity index is 1680. The Morgan fingerprint density at radius 2 is 0.468 bits per heavy atom. The van der Waals surface area contributed by atoms with Crippen molar-refractivity contribution in [3.05, 3.63) is 204 Å². The molecule has 0 aliphatic carbocycles. The first kappa shape index (κ1) is 35.3. The van der Waals surface area contributed by atoms with Crippen molar-refractivity contribution in [2.45, 2.75) is 37.0 Å². The van der Waals surface area contributed by atoms with E-state index >= 15 is 0 Å². The molecule has 0 aliphatic rings. The van der Waals surface area contributed by atoms with Gasteiger partial charge in [0.05, 0.1) is 8.07 Å². The fourth-order valence-electron chi connectivity index (χ4n) is 6.73. The number of hydrogen-bond donors (Lipinski definition) is 0. The summed E-state index contributed by atoms with van der Waals surface area (Å²) in [5.41, 5.74) is 11.2. The fourth-order valence-corrected chi connectivity index (χ4v) is 10.6. The average Bonchev–Trinajstić information content (AvgIpc) is 3.06. The van der Waals surface area contributed by atoms with Crippen LogP contribution in [0.15, 0.2) is 146 Å². The quantitative estimate of drug-likeness (QED) is 0.0769. The van der Waals surface area contributed by atoms with Crippen molar-refractivity contribution in [2.75, 3.05) is 0 Å². The van der Waals surface area contributed by atoms with Crippen molar-refractivity contribution < 1.29 is 0 Å². The maximum absolute atomic E-state index is 2.50. The highest BCUT2D eigenvalue weighted by Crippen LogP contribution is 2.39. The van der Waals surface area contributed by atoms with Crippen LogP contribution >= 0.6 is 90.4 Å². The molecule has 0 saturated carbocycles. The van der Waals surface area contributed by atoms with E-state index in [0.717, 1.165) is 0 Å². The van der Waals surface area contributed by atoms with Crippen molar-refractivity contribution in [3.8, 4) is 0 Å². The molecule has 5 heteroatoms. The van der Waals surface area contributed by atoms with Crippen molar-refractivity contribution in [1.82, 2.24) is 0 Å². The first-order chi connectivity index (χ1) is 22.6. The number of hydrogen-bond acceptors (Lipinski definition) is 0. The van der Waals surface area contributed by atoms with Crippen LogP contribution in [0.2, 0.25) is 19.6 Å². The van der Waals surface area contributed by atoms with Gasteiger partial charge in [-0.3, -0.25) is 0 Å². The van der Waals surface area contributed by atoms with Crippen molar-refractivity contribution in [2.24, 2.45) is 0 Å². The Kier molecular flexibility index (Phi) is 11.7. The molecule has 0 aromatic heterocycles. The second kappa shape index (κ2) is 15.6. The first-order valence-electron chi connectivity index (χ1n) is 15.8. The van der Waals surface area contributed by atoms with E-state index in [1.165, 1.54) is 58.8 Å². The molecule has 0 bridgehead atoms. The van der Waals surface area contributed by atoms with Gasteiger partial charge in [0, 0.05) is 31.7 Å². The maximum Gasteiger partial charge on any atom is 0.0573 e. The van der Waals surface area contributed by atoms with E-state index in [1.807, 2.05) is 0 Å². The number of benzene rings is 6. The van der Waals surface area contributed by atoms with Crippen molar-refractivity contribution >= 4 is 98.4 Å². The highest BCUT2D eigenvalue weighted by Gasteiger charge is 2.30. The summed E-state index contributed by atoms with van der Waals surface area (Å²) in [5, 5.41) is 0. The molecule has 47 heavy (non-hydrogen) atoms. The van der Waals surface area contributed by atoms with Crippen LogP contribution in [-0.2, 0) is 0 Å². The van der Waals surface area contributed by atoms with Gasteiger partial charge in [0.2, 0.25) is 0 Å². The van der Waals surface area contributed by atoms with Crippen LogP contribution in [0.5, 0.6) is 0 Å². The zero-order chi connectivity index (χ0) is 33.1. The van der Waals surface area contributed by atoms with Gasteiger partial charge in [0.15, 0.2) is 0 Å². The van der Waals surface area contributed by atoms with E-state index in [2.05, 4.69) is 256 Å². The van der Waals surface area contributed by atoms with Crippen LogP contribution in [-0.4, -0.2) is 8.07 Å². The normalized spacial score (nSPS) is 11.9. The topological polar surface area (TPSA) is 0 Å². The van der Waals surface area contributed by atoms with Gasteiger partial charge in [-0.2, -0.15) is 0 Å². The van der Waals surface area contributed by atoms with Crippen LogP contribution in [0.3, 0.4) is 0 Å². The molecule has 0 nitrogen and oxygen atoms in total. The Labute approximate surface area is 335 Å². The SMILES string of the molecule is C[Si](C)(C)C(c1ccc(C(c2ccc(I)cc2)c2ccc(I)cc2)cc1)c1ccc(C(c2ccc(I)cc2)c2ccc(I)cc2)cc1. The van der Waals surface area contributed by atoms with Gasteiger partial charge < -0.3 is 0 Å². The predicted octanol–water partition coefficient (Wildman–Crippen LogP) is 13.5. The second-order valence-electron chi connectivity index (χ2n) is 13.2. The van der Waals surface area contributed by atoms with Crippen LogP contribution in [0, 0.1) is 14.3 Å². The van der Waals surface area contributed by atoms with Crippen LogP contribution < -0.4 is 0 Å². The number of halogens is 4. The van der Waals surface area contributed by atoms with E-state index in [4.69, 9.17) is 0 Å². The summed E-state index contributed by atoms with van der Waals surface area (Å²) in [5.74, 6) is 0.393. The zero-order valence-electron chi connectivity index (χ0n) is 26.6. The second-order valence-corrected chi connectivity index (χ2v) is 23.5. The predicted molar refractivity (Wildman–Crippen MR) is 237 cm³/mol. The van der Waals surface area contributed by atoms with Gasteiger partial charge in [-0.25, -0.2) is 0 Å². The minimum atomic E-state index is -1.64. The van der Waals surface area contributed by atoms with Crippen LogP contribution in [0.1, 0.15) is 61.9 Å². The molecule has 6 aromatic rings. The average molecular weight is 1080 g/mol. The molecule has 0 radical (unpaired) electrons. The van der Waals surface area contributed by atoms with Gasteiger partial charge in [0.1, 0.15) is 0 Å². The molecule has 0 amide bonds. The Morgan fingerprint density at radius 3 is 0.660 bits per heavy atom. The zero-order valence-corrected chi connectivity index (χ0v) is 36.2. The molecule has 0 heterocycles. The third kappa shape index (κ3) is 8.61. The van der Waals surface area contributed by atoms with Crippen molar-refractivity contribution in [1.29, 1.82) is 0 Å². The van der Waals surface area contributed by atoms with Gasteiger partial charge in [-0.1, -0.05) is 117 Å². The van der Waals surface area contributed by atoms with Gasteiger partial charge >= 0.3 is 0 Å². The molecule has 6 aromatic carbocycles. The molecule has 236 valence electrons. The lowest BCUT2D eigenvalue weighted by Crippen LogP contribution is -2.32. The summed E-state index contributed by atoms with van der Waals surface area (Å²) in [4.78, 5) is 0. The Hall–Kier alpha value is -1.54. The summed E-state index contributed by atoms with van der Waals surface area (Å²) >= 11 is 9.57. The molecular formula is C42H36I4Si. The van der Waals surface area contributed by atoms with Crippen LogP contribution in [0.4, 0.5) is 0 Å². The molecule has 0 unspecified atom stereocenters. The Morgan fingerprint density at radius 1 is 0.298 bits per heavy atom. The third-order valence-corrected chi connectivity index (χ3v) is 14.2. The molecule has 0 atom stereocenters. The minimum absolute atomic E-state index is 0.196. The third-order valence-electron chi connectivity index (χ3n) is 8.89. The van der Waals surface area contributed by atoms with Gasteiger partial charge in [-0.05, 0) is 183 Å². The molecule has 0 spiro atoms. The summed E-state index contributed by atoms with van der Waals surface area (Å²) < 4.78 is 5.04. The summed E-state index contributed by atoms with van der Waals surface area (Å²) in [6, 6.07) is 55.1. The molecule has 0 fully saturated rings. The van der Waals surface area contributed by atoms with Gasteiger partial charge in [0.25, 0.3) is 0 Å². The number of rotatable bonds is 9. The molecule has 0 saturated heterocycles. The molecule has 0 N–H and O–H groups in total. The van der Waals surface area contributed by atoms with E-state index in [9.17, 15) is 0 Å². The Balaban J connectivity index is 1.35. The summed E-state index contributed by atoms with van der Waals surface area (Å²) in [7, 11) is -1.64. The van der Waals surface area contributed by atoms with Crippen molar-refractivity contribution in [3.63, 3.8) is 0 Å². The highest BCUT2D eigenvalue weighted by atomic mass is 127. The minimum Gasteiger partial charge on any atom is -0.0688 e. The smallest absolute Gasteiger partial charge is 0.0573 e.